The molecular formula is C15H12ClFO3. The molecule has 0 N–H and O–H groups in total. The van der Waals surface area contributed by atoms with Gasteiger partial charge in [0.05, 0.1) is 19.8 Å². The van der Waals surface area contributed by atoms with Crippen LogP contribution in [0.3, 0.4) is 0 Å². The van der Waals surface area contributed by atoms with E-state index in [2.05, 4.69) is 4.74 Å². The Bertz CT molecular complexity index is 656. The first-order chi connectivity index (χ1) is 9.55. The summed E-state index contributed by atoms with van der Waals surface area (Å²) in [6, 6.07) is 9.06. The summed E-state index contributed by atoms with van der Waals surface area (Å²) in [5.74, 6) is -0.563. The van der Waals surface area contributed by atoms with Crippen molar-refractivity contribution in [3.63, 3.8) is 0 Å². The van der Waals surface area contributed by atoms with E-state index in [9.17, 15) is 9.18 Å². The second-order valence-corrected chi connectivity index (χ2v) is 4.50. The van der Waals surface area contributed by atoms with Gasteiger partial charge in [-0.05, 0) is 35.9 Å². The van der Waals surface area contributed by atoms with Crippen LogP contribution in [0.5, 0.6) is 5.75 Å². The summed E-state index contributed by atoms with van der Waals surface area (Å²) in [6.07, 6.45) is 0. The summed E-state index contributed by atoms with van der Waals surface area (Å²) in [7, 11) is 2.74. The minimum Gasteiger partial charge on any atom is -0.497 e. The van der Waals surface area contributed by atoms with Crippen molar-refractivity contribution in [2.24, 2.45) is 0 Å². The average molecular weight is 295 g/mol. The largest absolute Gasteiger partial charge is 0.497 e. The Balaban J connectivity index is 2.52. The molecule has 0 atom stereocenters. The smallest absolute Gasteiger partial charge is 0.337 e. The number of carbonyl (C=O) groups excluding carboxylic acids is 1. The zero-order valence-corrected chi connectivity index (χ0v) is 11.7. The third-order valence-electron chi connectivity index (χ3n) is 2.81. The molecule has 0 amide bonds. The lowest BCUT2D eigenvalue weighted by atomic mass is 10.0. The SMILES string of the molecule is COC(=O)c1cc(Cl)cc(-c2ccc(OC)cc2F)c1. The number of methoxy groups -OCH3 is 2. The van der Waals surface area contributed by atoms with Crippen molar-refractivity contribution in [2.45, 2.75) is 0 Å². The highest BCUT2D eigenvalue weighted by molar-refractivity contribution is 6.31. The molecule has 104 valence electrons. The third kappa shape index (κ3) is 2.91. The standard InChI is InChI=1S/C15H12ClFO3/c1-19-12-3-4-13(14(17)8-12)9-5-10(15(18)20-2)7-11(16)6-9/h3-8H,1-2H3. The van der Waals surface area contributed by atoms with Crippen LogP contribution >= 0.6 is 11.6 Å². The van der Waals surface area contributed by atoms with Crippen LogP contribution in [0.4, 0.5) is 4.39 Å². The molecule has 0 saturated carbocycles. The molecule has 0 aliphatic heterocycles. The number of carbonyl (C=O) groups is 1. The lowest BCUT2D eigenvalue weighted by molar-refractivity contribution is 0.0601. The quantitative estimate of drug-likeness (QED) is 0.804. The normalized spacial score (nSPS) is 10.2. The number of rotatable bonds is 3. The van der Waals surface area contributed by atoms with E-state index in [0.29, 0.717) is 21.9 Å². The molecule has 0 radical (unpaired) electrons. The number of hydrogen-bond donors (Lipinski definition) is 0. The molecule has 0 spiro atoms. The summed E-state index contributed by atoms with van der Waals surface area (Å²) in [5.41, 5.74) is 1.10. The highest BCUT2D eigenvalue weighted by atomic mass is 35.5. The van der Waals surface area contributed by atoms with Gasteiger partial charge in [0.1, 0.15) is 11.6 Å². The van der Waals surface area contributed by atoms with Crippen molar-refractivity contribution in [1.82, 2.24) is 0 Å². The summed E-state index contributed by atoms with van der Waals surface area (Å²) < 4.78 is 23.6. The minimum absolute atomic E-state index is 0.269. The second kappa shape index (κ2) is 5.92. The van der Waals surface area contributed by atoms with Crippen LogP contribution in [0, 0.1) is 5.82 Å². The van der Waals surface area contributed by atoms with Crippen LogP contribution in [0.15, 0.2) is 36.4 Å². The number of hydrogen-bond acceptors (Lipinski definition) is 3. The summed E-state index contributed by atoms with van der Waals surface area (Å²) in [5, 5.41) is 0.332. The maximum absolute atomic E-state index is 14.0. The van der Waals surface area contributed by atoms with Gasteiger partial charge in [-0.1, -0.05) is 11.6 Å². The molecule has 0 aromatic heterocycles. The van der Waals surface area contributed by atoms with Crippen LogP contribution in [0.2, 0.25) is 5.02 Å². The molecule has 0 heterocycles. The molecule has 5 heteroatoms. The Morgan fingerprint density at radius 1 is 1.15 bits per heavy atom. The molecule has 20 heavy (non-hydrogen) atoms. The van der Waals surface area contributed by atoms with Gasteiger partial charge < -0.3 is 9.47 Å². The fourth-order valence-corrected chi connectivity index (χ4v) is 2.07. The Labute approximate surface area is 120 Å². The van der Waals surface area contributed by atoms with Crippen LogP contribution < -0.4 is 4.74 Å². The van der Waals surface area contributed by atoms with Gasteiger partial charge in [0.25, 0.3) is 0 Å². The predicted molar refractivity (Wildman–Crippen MR) is 74.7 cm³/mol. The number of ether oxygens (including phenoxy) is 2. The molecule has 0 fully saturated rings. The molecular weight excluding hydrogens is 283 g/mol. The summed E-state index contributed by atoms with van der Waals surface area (Å²) >= 11 is 5.96. The fourth-order valence-electron chi connectivity index (χ4n) is 1.84. The van der Waals surface area contributed by atoms with E-state index in [1.165, 1.54) is 32.4 Å². The molecule has 0 aliphatic carbocycles. The van der Waals surface area contributed by atoms with Crippen LogP contribution in [-0.4, -0.2) is 20.2 Å². The number of benzene rings is 2. The van der Waals surface area contributed by atoms with Crippen molar-refractivity contribution >= 4 is 17.6 Å². The molecule has 0 saturated heterocycles. The molecule has 2 aromatic carbocycles. The lowest BCUT2D eigenvalue weighted by Crippen LogP contribution is -2.01. The van der Waals surface area contributed by atoms with Crippen LogP contribution in [0.1, 0.15) is 10.4 Å². The van der Waals surface area contributed by atoms with Gasteiger partial charge in [0.15, 0.2) is 0 Å². The predicted octanol–water partition coefficient (Wildman–Crippen LogP) is 3.94. The maximum atomic E-state index is 14.0. The van der Waals surface area contributed by atoms with Crippen LogP contribution in [0.25, 0.3) is 11.1 Å². The van der Waals surface area contributed by atoms with Crippen molar-refractivity contribution in [3.8, 4) is 16.9 Å². The van der Waals surface area contributed by atoms with Crippen molar-refractivity contribution in [1.29, 1.82) is 0 Å². The van der Waals surface area contributed by atoms with E-state index < -0.39 is 11.8 Å². The van der Waals surface area contributed by atoms with Crippen LogP contribution in [-0.2, 0) is 4.74 Å². The van der Waals surface area contributed by atoms with Gasteiger partial charge in [-0.2, -0.15) is 0 Å². The monoisotopic (exact) mass is 294 g/mol. The minimum atomic E-state index is -0.525. The van der Waals surface area contributed by atoms with Gasteiger partial charge in [-0.15, -0.1) is 0 Å². The Morgan fingerprint density at radius 2 is 1.90 bits per heavy atom. The molecule has 0 unspecified atom stereocenters. The third-order valence-corrected chi connectivity index (χ3v) is 3.02. The van der Waals surface area contributed by atoms with Crippen molar-refractivity contribution in [2.75, 3.05) is 14.2 Å². The Morgan fingerprint density at radius 3 is 2.50 bits per heavy atom. The Kier molecular flexibility index (Phi) is 4.25. The lowest BCUT2D eigenvalue weighted by Gasteiger charge is -2.08. The van der Waals surface area contributed by atoms with E-state index in [1.54, 1.807) is 18.2 Å². The van der Waals surface area contributed by atoms with Gasteiger partial charge in [0, 0.05) is 16.7 Å². The van der Waals surface area contributed by atoms with E-state index in [-0.39, 0.29) is 5.56 Å². The van der Waals surface area contributed by atoms with Crippen molar-refractivity contribution in [3.05, 3.63) is 52.8 Å². The van der Waals surface area contributed by atoms with Gasteiger partial charge in [-0.25, -0.2) is 9.18 Å². The Hall–Kier alpha value is -2.07. The molecule has 3 nitrogen and oxygen atoms in total. The van der Waals surface area contributed by atoms with E-state index in [1.807, 2.05) is 0 Å². The average Bonchev–Trinajstić information content (AvgIpc) is 2.45. The van der Waals surface area contributed by atoms with Gasteiger partial charge in [0.2, 0.25) is 0 Å². The zero-order chi connectivity index (χ0) is 14.7. The highest BCUT2D eigenvalue weighted by Crippen LogP contribution is 2.29. The molecule has 2 aromatic rings. The van der Waals surface area contributed by atoms with E-state index in [0.717, 1.165) is 0 Å². The molecule has 0 bridgehead atoms. The topological polar surface area (TPSA) is 35.5 Å². The number of halogens is 2. The summed E-state index contributed by atoms with van der Waals surface area (Å²) in [6.45, 7) is 0. The number of esters is 1. The first-order valence-electron chi connectivity index (χ1n) is 5.78. The fraction of sp³-hybridized carbons (Fsp3) is 0.133. The zero-order valence-electron chi connectivity index (χ0n) is 10.9. The second-order valence-electron chi connectivity index (χ2n) is 4.07. The van der Waals surface area contributed by atoms with E-state index in [4.69, 9.17) is 16.3 Å². The summed E-state index contributed by atoms with van der Waals surface area (Å²) in [4.78, 5) is 11.5. The van der Waals surface area contributed by atoms with Crippen molar-refractivity contribution < 1.29 is 18.7 Å². The first kappa shape index (κ1) is 14.3. The maximum Gasteiger partial charge on any atom is 0.337 e. The van der Waals surface area contributed by atoms with E-state index >= 15 is 0 Å². The van der Waals surface area contributed by atoms with Gasteiger partial charge >= 0.3 is 5.97 Å². The first-order valence-corrected chi connectivity index (χ1v) is 6.15. The van der Waals surface area contributed by atoms with Gasteiger partial charge in [-0.3, -0.25) is 0 Å². The molecule has 0 aliphatic rings. The highest BCUT2D eigenvalue weighted by Gasteiger charge is 2.12. The molecule has 2 rings (SSSR count).